The Balaban J connectivity index is 1.22. The van der Waals surface area contributed by atoms with E-state index >= 15 is 0 Å². The van der Waals surface area contributed by atoms with Gasteiger partial charge in [0.2, 0.25) is 0 Å². The van der Waals surface area contributed by atoms with Gasteiger partial charge in [0.15, 0.2) is 0 Å². The fourth-order valence-corrected chi connectivity index (χ4v) is 9.38. The van der Waals surface area contributed by atoms with Crippen LogP contribution in [0.1, 0.15) is 66.5 Å². The van der Waals surface area contributed by atoms with Crippen LogP contribution >= 0.6 is 23.5 Å². The zero-order chi connectivity index (χ0) is 33.6. The van der Waals surface area contributed by atoms with Gasteiger partial charge in [-0.2, -0.15) is 0 Å². The molecule has 48 heavy (non-hydrogen) atoms. The Morgan fingerprint density at radius 1 is 0.354 bits per heavy atom. The average Bonchev–Trinajstić information content (AvgIpc) is 3.43. The van der Waals surface area contributed by atoms with Crippen molar-refractivity contribution in [1.29, 1.82) is 0 Å². The van der Waals surface area contributed by atoms with Gasteiger partial charge in [0.05, 0.1) is 21.2 Å². The molecule has 4 heteroatoms. The van der Waals surface area contributed by atoms with Gasteiger partial charge >= 0.3 is 0 Å². The summed E-state index contributed by atoms with van der Waals surface area (Å²) in [5.74, 6) is 0. The van der Waals surface area contributed by atoms with Crippen molar-refractivity contribution < 1.29 is 0 Å². The number of hydrogen-bond acceptors (Lipinski definition) is 4. The normalized spacial score (nSPS) is 19.2. The summed E-state index contributed by atoms with van der Waals surface area (Å²) >= 11 is 3.77. The summed E-state index contributed by atoms with van der Waals surface area (Å²) in [6.45, 7) is 18.1. The van der Waals surface area contributed by atoms with E-state index in [1.54, 1.807) is 0 Å². The number of thioether (sulfide) groups is 2. The van der Waals surface area contributed by atoms with Gasteiger partial charge in [0, 0.05) is 20.6 Å². The molecule has 0 bridgehead atoms. The van der Waals surface area contributed by atoms with E-state index in [0.29, 0.717) is 0 Å². The molecule has 6 aromatic carbocycles. The van der Waals surface area contributed by atoms with E-state index in [0.717, 1.165) is 10.1 Å². The molecule has 0 saturated heterocycles. The molecule has 240 valence electrons. The third-order valence-electron chi connectivity index (χ3n) is 11.1. The van der Waals surface area contributed by atoms with Crippen molar-refractivity contribution in [2.45, 2.75) is 76.0 Å². The molecule has 0 N–H and O–H groups in total. The maximum Gasteiger partial charge on any atom is 0.0990 e. The highest BCUT2D eigenvalue weighted by atomic mass is 32.2. The minimum atomic E-state index is -0.104. The summed E-state index contributed by atoms with van der Waals surface area (Å²) in [4.78, 5) is 10.3. The first-order valence-electron chi connectivity index (χ1n) is 16.9. The van der Waals surface area contributed by atoms with Crippen LogP contribution in [0.15, 0.2) is 119 Å². The minimum Gasteiger partial charge on any atom is -0.270 e. The Morgan fingerprint density at radius 2 is 0.708 bits per heavy atom. The number of fused-ring (bicyclic) bond motifs is 6. The van der Waals surface area contributed by atoms with Gasteiger partial charge in [-0.25, -0.2) is 0 Å². The van der Waals surface area contributed by atoms with E-state index in [4.69, 9.17) is 9.98 Å². The van der Waals surface area contributed by atoms with Crippen LogP contribution in [-0.4, -0.2) is 30.7 Å². The topological polar surface area (TPSA) is 24.7 Å². The fraction of sp³-hybridized carbons (Fsp3) is 0.273. The minimum absolute atomic E-state index is 0.0577. The van der Waals surface area contributed by atoms with Crippen LogP contribution in [0.5, 0.6) is 0 Å². The lowest BCUT2D eigenvalue weighted by Crippen LogP contribution is -2.36. The lowest BCUT2D eigenvalue weighted by atomic mass is 9.90. The molecule has 0 aromatic heterocycles. The monoisotopic (exact) mass is 662 g/mol. The van der Waals surface area contributed by atoms with E-state index in [9.17, 15) is 0 Å². The highest BCUT2D eigenvalue weighted by Gasteiger charge is 2.45. The molecule has 8 rings (SSSR count). The molecule has 0 unspecified atom stereocenters. The quantitative estimate of drug-likeness (QED) is 0.176. The maximum atomic E-state index is 5.14. The molecule has 2 aliphatic rings. The van der Waals surface area contributed by atoms with Gasteiger partial charge < -0.3 is 0 Å². The van der Waals surface area contributed by atoms with Crippen LogP contribution in [0.2, 0.25) is 0 Å². The van der Waals surface area contributed by atoms with Crippen molar-refractivity contribution in [1.82, 2.24) is 0 Å². The van der Waals surface area contributed by atoms with E-state index in [1.807, 2.05) is 23.5 Å². The standard InChI is InChI=1S/C44H42N2S2/c1-41(2)43(5,6)47-39(45-41)31-15-11-13-27(23-31)29-19-21-35-36-22-20-30(26-38(36)34-18-10-9-17-33(34)37(35)25-29)28-14-12-16-32(24-28)40-46-42(3,4)44(7,8)48-40/h9-26H,1-8H3. The Kier molecular flexibility index (Phi) is 7.08. The molecule has 0 amide bonds. The molecule has 0 spiro atoms. The van der Waals surface area contributed by atoms with E-state index in [2.05, 4.69) is 165 Å². The molecular formula is C44H42N2S2. The van der Waals surface area contributed by atoms with Crippen molar-refractivity contribution in [2.75, 3.05) is 0 Å². The maximum absolute atomic E-state index is 5.14. The van der Waals surface area contributed by atoms with E-state index in [1.165, 1.54) is 65.7 Å². The third-order valence-corrected chi connectivity index (χ3v) is 14.2. The zero-order valence-electron chi connectivity index (χ0n) is 29.1. The van der Waals surface area contributed by atoms with Crippen molar-refractivity contribution in [3.05, 3.63) is 120 Å². The summed E-state index contributed by atoms with van der Waals surface area (Å²) in [6.07, 6.45) is 0. The van der Waals surface area contributed by atoms with Crippen molar-refractivity contribution in [3.63, 3.8) is 0 Å². The first-order chi connectivity index (χ1) is 22.7. The Labute approximate surface area is 293 Å². The third kappa shape index (κ3) is 5.02. The summed E-state index contributed by atoms with van der Waals surface area (Å²) in [5.41, 5.74) is 7.07. The molecule has 0 saturated carbocycles. The molecule has 0 radical (unpaired) electrons. The highest BCUT2D eigenvalue weighted by molar-refractivity contribution is 8.16. The molecule has 0 aliphatic carbocycles. The van der Waals surface area contributed by atoms with Gasteiger partial charge in [0.25, 0.3) is 0 Å². The molecule has 0 fully saturated rings. The van der Waals surface area contributed by atoms with Crippen LogP contribution < -0.4 is 0 Å². The summed E-state index contributed by atoms with van der Waals surface area (Å²) in [6, 6.07) is 40.7. The second-order valence-corrected chi connectivity index (χ2v) is 18.6. The lowest BCUT2D eigenvalue weighted by Gasteiger charge is -2.30. The van der Waals surface area contributed by atoms with Crippen LogP contribution in [-0.2, 0) is 0 Å². The Morgan fingerprint density at radius 3 is 1.08 bits per heavy atom. The Bertz CT molecular complexity index is 2170. The summed E-state index contributed by atoms with van der Waals surface area (Å²) < 4.78 is 0.115. The molecule has 2 nitrogen and oxygen atoms in total. The van der Waals surface area contributed by atoms with E-state index < -0.39 is 0 Å². The molecule has 2 heterocycles. The number of nitrogens with zero attached hydrogens (tertiary/aromatic N) is 2. The SMILES string of the molecule is CC1(C)N=C(c2cccc(-c3ccc4c5ccc(-c6cccc(C7=NC(C)(C)C(C)(C)S7)c6)cc5c5ccccc5c4c3)c2)SC1(C)C. The number of aliphatic imine (C=N–C) groups is 2. The first kappa shape index (κ1) is 31.4. The largest absolute Gasteiger partial charge is 0.270 e. The highest BCUT2D eigenvalue weighted by Crippen LogP contribution is 2.48. The fourth-order valence-electron chi connectivity index (χ4n) is 6.78. The van der Waals surface area contributed by atoms with Crippen LogP contribution in [0.4, 0.5) is 0 Å². The van der Waals surface area contributed by atoms with E-state index in [-0.39, 0.29) is 20.6 Å². The molecule has 2 aliphatic heterocycles. The number of benzene rings is 6. The van der Waals surface area contributed by atoms with Gasteiger partial charge in [-0.3, -0.25) is 9.98 Å². The summed E-state index contributed by atoms with van der Waals surface area (Å²) in [7, 11) is 0. The van der Waals surface area contributed by atoms with Crippen molar-refractivity contribution >= 4 is 65.9 Å². The second-order valence-electron chi connectivity index (χ2n) is 15.4. The predicted octanol–water partition coefficient (Wildman–Crippen LogP) is 12.6. The van der Waals surface area contributed by atoms with Gasteiger partial charge in [-0.15, -0.1) is 0 Å². The lowest BCUT2D eigenvalue weighted by molar-refractivity contribution is 0.426. The first-order valence-corrected chi connectivity index (χ1v) is 18.5. The van der Waals surface area contributed by atoms with Crippen molar-refractivity contribution in [2.24, 2.45) is 9.98 Å². The molecule has 0 atom stereocenters. The number of rotatable bonds is 4. The van der Waals surface area contributed by atoms with Gasteiger partial charge in [0.1, 0.15) is 0 Å². The average molecular weight is 663 g/mol. The summed E-state index contributed by atoms with van der Waals surface area (Å²) in [5, 5.41) is 9.96. The molecule has 6 aromatic rings. The van der Waals surface area contributed by atoms with Crippen LogP contribution in [0.3, 0.4) is 0 Å². The van der Waals surface area contributed by atoms with Crippen molar-refractivity contribution in [3.8, 4) is 22.3 Å². The Hall–Kier alpha value is -3.86. The molecular weight excluding hydrogens is 621 g/mol. The second kappa shape index (κ2) is 10.8. The van der Waals surface area contributed by atoms with Gasteiger partial charge in [-0.1, -0.05) is 108 Å². The smallest absolute Gasteiger partial charge is 0.0990 e. The van der Waals surface area contributed by atoms with Crippen LogP contribution in [0.25, 0.3) is 54.6 Å². The number of hydrogen-bond donors (Lipinski definition) is 0. The zero-order valence-corrected chi connectivity index (χ0v) is 30.7. The van der Waals surface area contributed by atoms with Crippen LogP contribution in [0, 0.1) is 0 Å². The predicted molar refractivity (Wildman–Crippen MR) is 214 cm³/mol. The van der Waals surface area contributed by atoms with Gasteiger partial charge in [-0.05, 0) is 134 Å².